The zero-order chi connectivity index (χ0) is 19.8. The Labute approximate surface area is 167 Å². The minimum Gasteiger partial charge on any atom is -0.379 e. The van der Waals surface area contributed by atoms with Crippen molar-refractivity contribution in [1.82, 2.24) is 30.3 Å². The molecule has 0 unspecified atom stereocenters. The van der Waals surface area contributed by atoms with Gasteiger partial charge < -0.3 is 19.9 Å². The van der Waals surface area contributed by atoms with Crippen LogP contribution in [0.25, 0.3) is 0 Å². The molecule has 8 nitrogen and oxygen atoms in total. The number of rotatable bonds is 7. The van der Waals surface area contributed by atoms with Crippen LogP contribution in [0.5, 0.6) is 0 Å². The van der Waals surface area contributed by atoms with E-state index in [0.29, 0.717) is 13.1 Å². The van der Waals surface area contributed by atoms with Crippen LogP contribution in [-0.4, -0.2) is 58.5 Å². The molecule has 28 heavy (non-hydrogen) atoms. The van der Waals surface area contributed by atoms with Crippen molar-refractivity contribution < 1.29 is 4.74 Å². The first-order chi connectivity index (χ1) is 13.7. The molecule has 152 valence electrons. The van der Waals surface area contributed by atoms with Crippen LogP contribution in [0.15, 0.2) is 29.3 Å². The lowest BCUT2D eigenvalue weighted by atomic mass is 10.1. The van der Waals surface area contributed by atoms with E-state index < -0.39 is 0 Å². The second-order valence-electron chi connectivity index (χ2n) is 6.93. The van der Waals surface area contributed by atoms with Gasteiger partial charge in [-0.15, -0.1) is 10.2 Å². The smallest absolute Gasteiger partial charge is 0.191 e. The lowest BCUT2D eigenvalue weighted by molar-refractivity contribution is 0.0341. The molecule has 0 aliphatic carbocycles. The Morgan fingerprint density at radius 3 is 2.57 bits per heavy atom. The molecule has 0 bridgehead atoms. The quantitative estimate of drug-likeness (QED) is 0.551. The molecule has 0 saturated carbocycles. The van der Waals surface area contributed by atoms with Crippen LogP contribution in [-0.2, 0) is 31.4 Å². The van der Waals surface area contributed by atoms with Crippen LogP contribution in [0.4, 0.5) is 0 Å². The predicted molar refractivity (Wildman–Crippen MR) is 110 cm³/mol. The third-order valence-electron chi connectivity index (χ3n) is 4.96. The number of benzene rings is 1. The van der Waals surface area contributed by atoms with Gasteiger partial charge in [-0.2, -0.15) is 0 Å². The second kappa shape index (κ2) is 10.2. The van der Waals surface area contributed by atoms with Crippen molar-refractivity contribution >= 4 is 5.96 Å². The fourth-order valence-electron chi connectivity index (χ4n) is 3.14. The van der Waals surface area contributed by atoms with Gasteiger partial charge in [0.15, 0.2) is 11.8 Å². The number of aromatic nitrogens is 3. The zero-order valence-electron chi connectivity index (χ0n) is 17.1. The predicted octanol–water partition coefficient (Wildman–Crippen LogP) is 1.21. The fraction of sp³-hybridized carbons (Fsp3) is 0.550. The molecule has 0 spiro atoms. The Kier molecular flexibility index (Phi) is 7.39. The summed E-state index contributed by atoms with van der Waals surface area (Å²) in [4.78, 5) is 7.22. The third-order valence-corrected chi connectivity index (χ3v) is 4.96. The summed E-state index contributed by atoms with van der Waals surface area (Å²) in [6.07, 6.45) is 0. The molecule has 2 N–H and O–H groups in total. The van der Waals surface area contributed by atoms with E-state index in [0.717, 1.165) is 57.0 Å². The SMILES string of the molecule is CCNC(=NCc1ccccc1CN1CCOCC1)NCc1nnc(C)n1C. The standard InChI is InChI=1S/C20H31N7O/c1-4-21-20(23-14-19-25-24-16(2)26(19)3)22-13-17-7-5-6-8-18(17)15-27-9-11-28-12-10-27/h5-8H,4,9-15H2,1-3H3,(H2,21,22,23). The number of aryl methyl sites for hydroxylation is 1. The molecule has 1 aliphatic rings. The molecule has 1 fully saturated rings. The second-order valence-corrected chi connectivity index (χ2v) is 6.93. The minimum atomic E-state index is 0.582. The monoisotopic (exact) mass is 385 g/mol. The Hall–Kier alpha value is -2.45. The highest BCUT2D eigenvalue weighted by atomic mass is 16.5. The first-order valence-corrected chi connectivity index (χ1v) is 9.91. The summed E-state index contributed by atoms with van der Waals surface area (Å²) in [6, 6.07) is 8.54. The van der Waals surface area contributed by atoms with E-state index in [-0.39, 0.29) is 0 Å². The average Bonchev–Trinajstić information content (AvgIpc) is 3.04. The third kappa shape index (κ3) is 5.53. The summed E-state index contributed by atoms with van der Waals surface area (Å²) in [5.74, 6) is 2.57. The molecule has 0 radical (unpaired) electrons. The molecule has 2 aromatic rings. The van der Waals surface area contributed by atoms with Crippen LogP contribution >= 0.6 is 0 Å². The summed E-state index contributed by atoms with van der Waals surface area (Å²) in [5, 5.41) is 15.0. The van der Waals surface area contributed by atoms with Crippen LogP contribution in [0.1, 0.15) is 29.7 Å². The van der Waals surface area contributed by atoms with Crippen molar-refractivity contribution in [3.8, 4) is 0 Å². The minimum absolute atomic E-state index is 0.582. The van der Waals surface area contributed by atoms with Crippen molar-refractivity contribution in [1.29, 1.82) is 0 Å². The summed E-state index contributed by atoms with van der Waals surface area (Å²) < 4.78 is 7.44. The zero-order valence-corrected chi connectivity index (χ0v) is 17.1. The van der Waals surface area contributed by atoms with Gasteiger partial charge in [0.2, 0.25) is 0 Å². The number of nitrogens with one attached hydrogen (secondary N) is 2. The van der Waals surface area contributed by atoms with Gasteiger partial charge in [-0.3, -0.25) is 4.90 Å². The lowest BCUT2D eigenvalue weighted by Crippen LogP contribution is -2.37. The van der Waals surface area contributed by atoms with Crippen molar-refractivity contribution in [3.05, 3.63) is 47.0 Å². The van der Waals surface area contributed by atoms with Gasteiger partial charge in [0.1, 0.15) is 5.82 Å². The van der Waals surface area contributed by atoms with E-state index >= 15 is 0 Å². The van der Waals surface area contributed by atoms with E-state index in [2.05, 4.69) is 56.9 Å². The average molecular weight is 386 g/mol. The van der Waals surface area contributed by atoms with E-state index in [1.165, 1.54) is 11.1 Å². The number of hydrogen-bond donors (Lipinski definition) is 2. The number of aliphatic imine (C=N–C) groups is 1. The fourth-order valence-corrected chi connectivity index (χ4v) is 3.14. The normalized spacial score (nSPS) is 15.6. The Morgan fingerprint density at radius 1 is 1.14 bits per heavy atom. The molecule has 2 heterocycles. The van der Waals surface area contributed by atoms with E-state index in [9.17, 15) is 0 Å². The molecule has 1 aromatic carbocycles. The maximum absolute atomic E-state index is 5.46. The molecule has 3 rings (SSSR count). The Balaban J connectivity index is 1.64. The highest BCUT2D eigenvalue weighted by Gasteiger charge is 2.13. The van der Waals surface area contributed by atoms with Crippen molar-refractivity contribution in [2.24, 2.45) is 12.0 Å². The summed E-state index contributed by atoms with van der Waals surface area (Å²) in [5.41, 5.74) is 2.58. The van der Waals surface area contributed by atoms with Gasteiger partial charge in [0.25, 0.3) is 0 Å². The number of morpholine rings is 1. The van der Waals surface area contributed by atoms with Crippen molar-refractivity contribution in [2.45, 2.75) is 33.5 Å². The first kappa shape index (κ1) is 20.3. The van der Waals surface area contributed by atoms with Gasteiger partial charge >= 0.3 is 0 Å². The highest BCUT2D eigenvalue weighted by molar-refractivity contribution is 5.79. The van der Waals surface area contributed by atoms with Crippen LogP contribution < -0.4 is 10.6 Å². The van der Waals surface area contributed by atoms with Crippen molar-refractivity contribution in [3.63, 3.8) is 0 Å². The molecule has 0 atom stereocenters. The van der Waals surface area contributed by atoms with Crippen LogP contribution in [0.2, 0.25) is 0 Å². The maximum atomic E-state index is 5.46. The Bertz CT molecular complexity index is 781. The van der Waals surface area contributed by atoms with Gasteiger partial charge in [-0.1, -0.05) is 24.3 Å². The summed E-state index contributed by atoms with van der Waals surface area (Å²) in [7, 11) is 1.97. The molecule has 1 aliphatic heterocycles. The van der Waals surface area contributed by atoms with Gasteiger partial charge in [0.05, 0.1) is 26.3 Å². The number of ether oxygens (including phenoxy) is 1. The largest absolute Gasteiger partial charge is 0.379 e. The molecule has 8 heteroatoms. The molecule has 1 aromatic heterocycles. The number of nitrogens with zero attached hydrogens (tertiary/aromatic N) is 5. The van der Waals surface area contributed by atoms with Gasteiger partial charge in [-0.05, 0) is 25.0 Å². The van der Waals surface area contributed by atoms with Gasteiger partial charge in [-0.25, -0.2) is 4.99 Å². The van der Waals surface area contributed by atoms with Crippen LogP contribution in [0, 0.1) is 6.92 Å². The molecular weight excluding hydrogens is 354 g/mol. The van der Waals surface area contributed by atoms with Crippen molar-refractivity contribution in [2.75, 3.05) is 32.8 Å². The number of hydrogen-bond acceptors (Lipinski definition) is 5. The summed E-state index contributed by atoms with van der Waals surface area (Å²) in [6.45, 7) is 10.6. The van der Waals surface area contributed by atoms with E-state index in [1.807, 2.05) is 18.5 Å². The van der Waals surface area contributed by atoms with E-state index in [4.69, 9.17) is 9.73 Å². The summed E-state index contributed by atoms with van der Waals surface area (Å²) >= 11 is 0. The molecular formula is C20H31N7O. The Morgan fingerprint density at radius 2 is 1.89 bits per heavy atom. The lowest BCUT2D eigenvalue weighted by Gasteiger charge is -2.27. The number of guanidine groups is 1. The van der Waals surface area contributed by atoms with Gasteiger partial charge in [0, 0.05) is 33.2 Å². The first-order valence-electron chi connectivity index (χ1n) is 9.91. The molecule has 0 amide bonds. The molecule has 1 saturated heterocycles. The van der Waals surface area contributed by atoms with Crippen LogP contribution in [0.3, 0.4) is 0 Å². The van der Waals surface area contributed by atoms with E-state index in [1.54, 1.807) is 0 Å². The maximum Gasteiger partial charge on any atom is 0.191 e. The topological polar surface area (TPSA) is 79.6 Å². The highest BCUT2D eigenvalue weighted by Crippen LogP contribution is 2.14.